The molecule has 0 spiro atoms. The van der Waals surface area contributed by atoms with Crippen molar-refractivity contribution in [1.82, 2.24) is 4.90 Å². The van der Waals surface area contributed by atoms with Gasteiger partial charge in [0.05, 0.1) is 14.2 Å². The van der Waals surface area contributed by atoms with Crippen LogP contribution >= 0.6 is 34.5 Å². The number of ether oxygens (including phenoxy) is 1. The minimum absolute atomic E-state index is 0.429. The standard InChI is InChI=1S/C20H20Cl2N2OS/c1-23-7-9-24(10-8-23)18-4-2-3-14-5-6-15(11-16(14)18)25-13-19-17(21)12-20(22)26-19/h2-6,11-12H,7-10,13H2,1H3. The number of rotatable bonds is 4. The number of benzene rings is 2. The molecular formula is C20H20Cl2N2OS. The maximum absolute atomic E-state index is 6.18. The second-order valence-electron chi connectivity index (χ2n) is 6.56. The lowest BCUT2D eigenvalue weighted by Crippen LogP contribution is -2.44. The second-order valence-corrected chi connectivity index (χ2v) is 8.74. The molecule has 0 bridgehead atoms. The van der Waals surface area contributed by atoms with Crippen LogP contribution in [0.1, 0.15) is 4.88 Å². The molecule has 0 saturated carbocycles. The Kier molecular flexibility index (Phi) is 5.28. The fourth-order valence-electron chi connectivity index (χ4n) is 3.27. The van der Waals surface area contributed by atoms with E-state index in [2.05, 4.69) is 47.2 Å². The summed E-state index contributed by atoms with van der Waals surface area (Å²) < 4.78 is 6.68. The Morgan fingerprint density at radius 2 is 1.85 bits per heavy atom. The van der Waals surface area contributed by atoms with E-state index in [4.69, 9.17) is 27.9 Å². The van der Waals surface area contributed by atoms with E-state index in [0.29, 0.717) is 16.0 Å². The minimum atomic E-state index is 0.429. The first-order chi connectivity index (χ1) is 12.6. The maximum Gasteiger partial charge on any atom is 0.124 e. The molecule has 2 heterocycles. The predicted octanol–water partition coefficient (Wildman–Crippen LogP) is 5.54. The SMILES string of the molecule is CN1CCN(c2cccc3ccc(OCc4sc(Cl)cc4Cl)cc23)CC1. The van der Waals surface area contributed by atoms with Gasteiger partial charge in [0.2, 0.25) is 0 Å². The van der Waals surface area contributed by atoms with E-state index in [9.17, 15) is 0 Å². The zero-order valence-corrected chi connectivity index (χ0v) is 16.9. The molecule has 1 aliphatic heterocycles. The van der Waals surface area contributed by atoms with Crippen molar-refractivity contribution >= 4 is 51.0 Å². The third kappa shape index (κ3) is 3.79. The van der Waals surface area contributed by atoms with Crippen molar-refractivity contribution < 1.29 is 4.74 Å². The number of hydrogen-bond acceptors (Lipinski definition) is 4. The van der Waals surface area contributed by atoms with Crippen LogP contribution in [-0.2, 0) is 6.61 Å². The van der Waals surface area contributed by atoms with E-state index in [0.717, 1.165) is 36.8 Å². The third-order valence-corrected chi connectivity index (χ3v) is 6.46. The van der Waals surface area contributed by atoms with Gasteiger partial charge >= 0.3 is 0 Å². The van der Waals surface area contributed by atoms with E-state index in [1.54, 1.807) is 6.07 Å². The summed E-state index contributed by atoms with van der Waals surface area (Å²) in [4.78, 5) is 5.78. The zero-order chi connectivity index (χ0) is 18.1. The monoisotopic (exact) mass is 406 g/mol. The van der Waals surface area contributed by atoms with E-state index in [1.807, 2.05) is 6.07 Å². The topological polar surface area (TPSA) is 15.7 Å². The lowest BCUT2D eigenvalue weighted by atomic mass is 10.1. The number of nitrogens with zero attached hydrogens (tertiary/aromatic N) is 2. The summed E-state index contributed by atoms with van der Waals surface area (Å²) in [6, 6.07) is 14.5. The predicted molar refractivity (Wildman–Crippen MR) is 112 cm³/mol. The molecule has 1 fully saturated rings. The van der Waals surface area contributed by atoms with E-state index in [1.165, 1.54) is 27.8 Å². The molecule has 2 aromatic carbocycles. The molecule has 0 unspecified atom stereocenters. The van der Waals surface area contributed by atoms with Crippen LogP contribution in [0.15, 0.2) is 42.5 Å². The molecule has 0 amide bonds. The molecule has 1 aromatic heterocycles. The first-order valence-corrected chi connectivity index (χ1v) is 10.2. The fourth-order valence-corrected chi connectivity index (χ4v) is 4.75. The Balaban J connectivity index is 1.59. The molecule has 136 valence electrons. The number of fused-ring (bicyclic) bond motifs is 1. The van der Waals surface area contributed by atoms with Crippen molar-refractivity contribution in [2.24, 2.45) is 0 Å². The molecule has 4 rings (SSSR count). The molecule has 1 aliphatic rings. The average molecular weight is 407 g/mol. The van der Waals surface area contributed by atoms with Gasteiger partial charge in [-0.15, -0.1) is 11.3 Å². The van der Waals surface area contributed by atoms with Crippen molar-refractivity contribution in [2.75, 3.05) is 38.1 Å². The summed E-state index contributed by atoms with van der Waals surface area (Å²) in [7, 11) is 2.17. The van der Waals surface area contributed by atoms with Gasteiger partial charge < -0.3 is 14.5 Å². The zero-order valence-electron chi connectivity index (χ0n) is 14.5. The normalized spacial score (nSPS) is 15.6. The van der Waals surface area contributed by atoms with Gasteiger partial charge in [0, 0.05) is 37.3 Å². The first-order valence-electron chi connectivity index (χ1n) is 8.63. The van der Waals surface area contributed by atoms with Gasteiger partial charge in [0.15, 0.2) is 0 Å². The summed E-state index contributed by atoms with van der Waals surface area (Å²) in [6.45, 7) is 4.70. The summed E-state index contributed by atoms with van der Waals surface area (Å²) >= 11 is 13.7. The van der Waals surface area contributed by atoms with Crippen LogP contribution in [-0.4, -0.2) is 38.1 Å². The smallest absolute Gasteiger partial charge is 0.124 e. The van der Waals surface area contributed by atoms with Gasteiger partial charge in [-0.3, -0.25) is 0 Å². The minimum Gasteiger partial charge on any atom is -0.488 e. The Morgan fingerprint density at radius 1 is 1.04 bits per heavy atom. The number of likely N-dealkylation sites (N-methyl/N-ethyl adjacent to an activating group) is 1. The van der Waals surface area contributed by atoms with Crippen molar-refractivity contribution in [3.05, 3.63) is 56.7 Å². The molecule has 0 atom stereocenters. The Morgan fingerprint density at radius 3 is 2.58 bits per heavy atom. The van der Waals surface area contributed by atoms with Gasteiger partial charge in [-0.05, 0) is 36.7 Å². The molecule has 3 aromatic rings. The second kappa shape index (κ2) is 7.65. The van der Waals surface area contributed by atoms with Crippen molar-refractivity contribution in [1.29, 1.82) is 0 Å². The highest BCUT2D eigenvalue weighted by molar-refractivity contribution is 7.16. The highest BCUT2D eigenvalue weighted by atomic mass is 35.5. The summed E-state index contributed by atoms with van der Waals surface area (Å²) in [6.07, 6.45) is 0. The number of thiophene rings is 1. The van der Waals surface area contributed by atoms with E-state index >= 15 is 0 Å². The molecule has 6 heteroatoms. The number of hydrogen-bond donors (Lipinski definition) is 0. The third-order valence-electron chi connectivity index (χ3n) is 4.77. The Labute approximate surface area is 167 Å². The molecule has 26 heavy (non-hydrogen) atoms. The van der Waals surface area contributed by atoms with E-state index in [-0.39, 0.29) is 0 Å². The van der Waals surface area contributed by atoms with Crippen LogP contribution < -0.4 is 9.64 Å². The van der Waals surface area contributed by atoms with Gasteiger partial charge in [-0.1, -0.05) is 41.4 Å². The van der Waals surface area contributed by atoms with Crippen LogP contribution in [0.2, 0.25) is 9.36 Å². The van der Waals surface area contributed by atoms with E-state index < -0.39 is 0 Å². The van der Waals surface area contributed by atoms with Crippen LogP contribution in [0.3, 0.4) is 0 Å². The highest BCUT2D eigenvalue weighted by Crippen LogP contribution is 2.33. The van der Waals surface area contributed by atoms with Crippen molar-refractivity contribution in [2.45, 2.75) is 6.61 Å². The molecule has 0 N–H and O–H groups in total. The molecule has 1 saturated heterocycles. The Bertz CT molecular complexity index is 919. The van der Waals surface area contributed by atoms with Gasteiger partial charge in [-0.2, -0.15) is 0 Å². The average Bonchev–Trinajstić information content (AvgIpc) is 2.97. The number of piperazine rings is 1. The summed E-state index contributed by atoms with van der Waals surface area (Å²) in [5, 5.41) is 3.12. The van der Waals surface area contributed by atoms with Gasteiger partial charge in [0.1, 0.15) is 12.4 Å². The largest absolute Gasteiger partial charge is 0.488 e. The van der Waals surface area contributed by atoms with Crippen LogP contribution in [0.25, 0.3) is 10.8 Å². The number of anilines is 1. The fraction of sp³-hybridized carbons (Fsp3) is 0.300. The lowest BCUT2D eigenvalue weighted by Gasteiger charge is -2.34. The van der Waals surface area contributed by atoms with Crippen molar-refractivity contribution in [3.8, 4) is 5.75 Å². The Hall–Kier alpha value is -1.46. The first kappa shape index (κ1) is 17.9. The van der Waals surface area contributed by atoms with Gasteiger partial charge in [0.25, 0.3) is 0 Å². The molecule has 0 aliphatic carbocycles. The van der Waals surface area contributed by atoms with Crippen LogP contribution in [0, 0.1) is 0 Å². The molecular weight excluding hydrogens is 387 g/mol. The van der Waals surface area contributed by atoms with Gasteiger partial charge in [-0.25, -0.2) is 0 Å². The summed E-state index contributed by atoms with van der Waals surface area (Å²) in [5.74, 6) is 0.847. The maximum atomic E-state index is 6.18. The molecule has 0 radical (unpaired) electrons. The highest BCUT2D eigenvalue weighted by Gasteiger charge is 2.16. The lowest BCUT2D eigenvalue weighted by molar-refractivity contribution is 0.310. The molecule has 3 nitrogen and oxygen atoms in total. The van der Waals surface area contributed by atoms with Crippen LogP contribution in [0.4, 0.5) is 5.69 Å². The number of halogens is 2. The quantitative estimate of drug-likeness (QED) is 0.565. The van der Waals surface area contributed by atoms with Crippen molar-refractivity contribution in [3.63, 3.8) is 0 Å². The summed E-state index contributed by atoms with van der Waals surface area (Å²) in [5.41, 5.74) is 1.28. The van der Waals surface area contributed by atoms with Crippen LogP contribution in [0.5, 0.6) is 5.75 Å².